The number of hydrogen-bond donors (Lipinski definition) is 2. The smallest absolute Gasteiger partial charge is 0.326 e. The lowest BCUT2D eigenvalue weighted by Gasteiger charge is -2.13. The molecular weight excluding hydrogens is 290 g/mol. The van der Waals surface area contributed by atoms with Crippen LogP contribution in [0.15, 0.2) is 0 Å². The second-order valence-corrected chi connectivity index (χ2v) is 6.95. The molecule has 0 aliphatic rings. The molecule has 0 aliphatic heterocycles. The molecule has 0 saturated heterocycles. The van der Waals surface area contributed by atoms with Gasteiger partial charge in [0.25, 0.3) is 0 Å². The number of carbonyl (C=O) groups excluding carboxylic acids is 1. The summed E-state index contributed by atoms with van der Waals surface area (Å²) < 4.78 is 11.0. The molecule has 5 nitrogen and oxygen atoms in total. The number of hydrogen-bond acceptors (Lipinski definition) is 3. The number of nitrogens with one attached hydrogen (secondary N) is 1. The lowest BCUT2D eigenvalue weighted by molar-refractivity contribution is -0.141. The molecule has 0 radical (unpaired) electrons. The van der Waals surface area contributed by atoms with Gasteiger partial charge in [-0.15, -0.1) is 0 Å². The van der Waals surface area contributed by atoms with Gasteiger partial charge in [-0.05, 0) is 12.8 Å². The first-order valence-corrected chi connectivity index (χ1v) is 9.52. The number of carbonyl (C=O) groups is 2. The van der Waals surface area contributed by atoms with Gasteiger partial charge >= 0.3 is 5.97 Å². The molecule has 2 atom stereocenters. The molecule has 0 aliphatic carbocycles. The van der Waals surface area contributed by atoms with Gasteiger partial charge in [0.1, 0.15) is 6.04 Å². The first-order valence-electron chi connectivity index (χ1n) is 7.79. The van der Waals surface area contributed by atoms with Gasteiger partial charge in [0.05, 0.1) is 0 Å². The van der Waals surface area contributed by atoms with Crippen LogP contribution in [-0.2, 0) is 20.4 Å². The molecule has 0 rings (SSSR count). The molecule has 2 N–H and O–H groups in total. The Balaban J connectivity index is 3.78. The van der Waals surface area contributed by atoms with Crippen LogP contribution < -0.4 is 5.32 Å². The Labute approximate surface area is 130 Å². The Bertz CT molecular complexity index is 334. The van der Waals surface area contributed by atoms with Crippen LogP contribution in [0.4, 0.5) is 0 Å². The second kappa shape index (κ2) is 12.8. The minimum Gasteiger partial charge on any atom is -0.480 e. The Hall–Kier alpha value is -0.910. The molecule has 21 heavy (non-hydrogen) atoms. The van der Waals surface area contributed by atoms with Crippen LogP contribution in [0.3, 0.4) is 0 Å². The van der Waals surface area contributed by atoms with E-state index in [2.05, 4.69) is 12.2 Å². The monoisotopic (exact) mass is 319 g/mol. The zero-order chi connectivity index (χ0) is 16.1. The number of carboxylic acid groups (broad SMARTS) is 1. The molecule has 0 heterocycles. The van der Waals surface area contributed by atoms with Gasteiger partial charge in [-0.1, -0.05) is 45.4 Å². The first-order chi connectivity index (χ1) is 9.97. The van der Waals surface area contributed by atoms with Crippen molar-refractivity contribution in [3.8, 4) is 0 Å². The highest BCUT2D eigenvalue weighted by Crippen LogP contribution is 2.08. The van der Waals surface area contributed by atoms with Gasteiger partial charge < -0.3 is 10.4 Å². The van der Waals surface area contributed by atoms with E-state index in [1.165, 1.54) is 31.9 Å². The molecule has 0 aromatic heterocycles. The van der Waals surface area contributed by atoms with Crippen molar-refractivity contribution in [2.24, 2.45) is 0 Å². The summed E-state index contributed by atoms with van der Waals surface area (Å²) in [4.78, 5) is 22.7. The van der Waals surface area contributed by atoms with Gasteiger partial charge in [0.2, 0.25) is 5.91 Å². The molecule has 0 aromatic rings. The second-order valence-electron chi connectivity index (χ2n) is 5.40. The summed E-state index contributed by atoms with van der Waals surface area (Å²) in [6.07, 6.45) is 9.98. The summed E-state index contributed by atoms with van der Waals surface area (Å²) in [5, 5.41) is 11.5. The third kappa shape index (κ3) is 12.5. The van der Waals surface area contributed by atoms with Crippen molar-refractivity contribution in [1.82, 2.24) is 5.32 Å². The highest BCUT2D eigenvalue weighted by atomic mass is 32.2. The standard InChI is InChI=1S/C15H29NO4S/c1-3-4-5-6-7-8-9-10-14(17)16-13(15(18)19)11-12-21(2)20/h13H,3-12H2,1-2H3,(H,16,17)(H,18,19)/t13-,21?/m0/s1. The van der Waals surface area contributed by atoms with Crippen molar-refractivity contribution in [3.63, 3.8) is 0 Å². The van der Waals surface area contributed by atoms with Gasteiger partial charge in [0.15, 0.2) is 0 Å². The van der Waals surface area contributed by atoms with E-state index in [1.807, 2.05) is 0 Å². The zero-order valence-electron chi connectivity index (χ0n) is 13.2. The lowest BCUT2D eigenvalue weighted by atomic mass is 10.1. The summed E-state index contributed by atoms with van der Waals surface area (Å²) in [6.45, 7) is 2.18. The molecule has 0 saturated carbocycles. The van der Waals surface area contributed by atoms with Gasteiger partial charge in [-0.25, -0.2) is 4.79 Å². The average molecular weight is 319 g/mol. The molecule has 0 spiro atoms. The summed E-state index contributed by atoms with van der Waals surface area (Å²) >= 11 is 0. The van der Waals surface area contributed by atoms with E-state index in [-0.39, 0.29) is 18.1 Å². The van der Waals surface area contributed by atoms with Crippen molar-refractivity contribution in [2.45, 2.75) is 70.8 Å². The van der Waals surface area contributed by atoms with Crippen LogP contribution in [0.2, 0.25) is 0 Å². The Morgan fingerprint density at radius 1 is 1.10 bits per heavy atom. The number of amides is 1. The van der Waals surface area contributed by atoms with Crippen molar-refractivity contribution < 1.29 is 18.9 Å². The van der Waals surface area contributed by atoms with E-state index < -0.39 is 22.8 Å². The predicted octanol–water partition coefficient (Wildman–Crippen LogP) is 2.47. The summed E-state index contributed by atoms with van der Waals surface area (Å²) in [7, 11) is -1.04. The Morgan fingerprint density at radius 3 is 2.19 bits per heavy atom. The molecular formula is C15H29NO4S. The topological polar surface area (TPSA) is 83.5 Å². The van der Waals surface area contributed by atoms with E-state index in [4.69, 9.17) is 5.11 Å². The number of aliphatic carboxylic acids is 1. The molecule has 124 valence electrons. The number of rotatable bonds is 13. The fourth-order valence-electron chi connectivity index (χ4n) is 2.05. The highest BCUT2D eigenvalue weighted by Gasteiger charge is 2.19. The number of carboxylic acids is 1. The highest BCUT2D eigenvalue weighted by molar-refractivity contribution is 7.84. The van der Waals surface area contributed by atoms with E-state index in [9.17, 15) is 13.8 Å². The van der Waals surface area contributed by atoms with E-state index in [0.717, 1.165) is 19.3 Å². The predicted molar refractivity (Wildman–Crippen MR) is 85.7 cm³/mol. The van der Waals surface area contributed by atoms with E-state index in [1.54, 1.807) is 0 Å². The van der Waals surface area contributed by atoms with E-state index >= 15 is 0 Å². The molecule has 1 unspecified atom stereocenters. The van der Waals surface area contributed by atoms with Crippen LogP contribution in [-0.4, -0.2) is 39.2 Å². The summed E-state index contributed by atoms with van der Waals surface area (Å²) in [5.74, 6) is -1.000. The average Bonchev–Trinajstić information content (AvgIpc) is 2.41. The van der Waals surface area contributed by atoms with Crippen molar-refractivity contribution >= 4 is 22.7 Å². The Morgan fingerprint density at radius 2 is 1.67 bits per heavy atom. The maximum absolute atomic E-state index is 11.7. The Kier molecular flexibility index (Phi) is 12.2. The summed E-state index contributed by atoms with van der Waals surface area (Å²) in [6, 6.07) is -0.925. The van der Waals surface area contributed by atoms with Crippen LogP contribution >= 0.6 is 0 Å². The van der Waals surface area contributed by atoms with Crippen molar-refractivity contribution in [1.29, 1.82) is 0 Å². The summed E-state index contributed by atoms with van der Waals surface area (Å²) in [5.41, 5.74) is 0. The normalized spacial score (nSPS) is 13.6. The lowest BCUT2D eigenvalue weighted by Crippen LogP contribution is -2.41. The molecule has 0 fully saturated rings. The van der Waals surface area contributed by atoms with Crippen LogP contribution in [0.1, 0.15) is 64.7 Å². The van der Waals surface area contributed by atoms with Crippen LogP contribution in [0.5, 0.6) is 0 Å². The molecule has 0 aromatic carbocycles. The molecule has 0 bridgehead atoms. The minimum absolute atomic E-state index is 0.210. The first kappa shape index (κ1) is 20.1. The molecule has 1 amide bonds. The fourth-order valence-corrected chi connectivity index (χ4v) is 2.62. The third-order valence-electron chi connectivity index (χ3n) is 3.33. The van der Waals surface area contributed by atoms with Crippen molar-refractivity contribution in [2.75, 3.05) is 12.0 Å². The largest absolute Gasteiger partial charge is 0.480 e. The van der Waals surface area contributed by atoms with E-state index in [0.29, 0.717) is 6.42 Å². The van der Waals surface area contributed by atoms with Crippen molar-refractivity contribution in [3.05, 3.63) is 0 Å². The quantitative estimate of drug-likeness (QED) is 0.511. The van der Waals surface area contributed by atoms with Crippen LogP contribution in [0, 0.1) is 0 Å². The maximum atomic E-state index is 11.7. The SMILES string of the molecule is CCCCCCCCCC(=O)N[C@@H](CCS(C)=O)C(=O)O. The zero-order valence-corrected chi connectivity index (χ0v) is 14.0. The van der Waals surface area contributed by atoms with Gasteiger partial charge in [-0.2, -0.15) is 0 Å². The van der Waals surface area contributed by atoms with Crippen LogP contribution in [0.25, 0.3) is 0 Å². The van der Waals surface area contributed by atoms with Gasteiger partial charge in [0, 0.05) is 29.2 Å². The maximum Gasteiger partial charge on any atom is 0.326 e. The minimum atomic E-state index is -1.06. The van der Waals surface area contributed by atoms with Gasteiger partial charge in [-0.3, -0.25) is 9.00 Å². The number of unbranched alkanes of at least 4 members (excludes halogenated alkanes) is 6. The molecule has 6 heteroatoms. The third-order valence-corrected chi connectivity index (χ3v) is 4.15. The fraction of sp³-hybridized carbons (Fsp3) is 0.867.